The van der Waals surface area contributed by atoms with Crippen molar-refractivity contribution in [2.45, 2.75) is 0 Å². The number of ether oxygens (including phenoxy) is 1. The molecule has 156 valence electrons. The summed E-state index contributed by atoms with van der Waals surface area (Å²) in [5.41, 5.74) is 0.576. The largest absolute Gasteiger partial charge is 0.497 e. The van der Waals surface area contributed by atoms with Crippen LogP contribution in [0.4, 0.5) is 24.5 Å². The van der Waals surface area contributed by atoms with Crippen LogP contribution < -0.4 is 15.0 Å². The molecule has 0 saturated heterocycles. The molecule has 3 aromatic rings. The van der Waals surface area contributed by atoms with Crippen LogP contribution in [0.1, 0.15) is 5.56 Å². The molecule has 1 aliphatic heterocycles. The first-order chi connectivity index (χ1) is 14.9. The lowest BCUT2D eigenvalue weighted by Gasteiger charge is -2.15. The van der Waals surface area contributed by atoms with Gasteiger partial charge in [-0.3, -0.25) is 9.59 Å². The summed E-state index contributed by atoms with van der Waals surface area (Å²) >= 11 is 0. The summed E-state index contributed by atoms with van der Waals surface area (Å²) < 4.78 is 45.4. The fourth-order valence-electron chi connectivity index (χ4n) is 3.21. The number of hydrogen-bond acceptors (Lipinski definition) is 4. The van der Waals surface area contributed by atoms with E-state index in [1.54, 1.807) is 24.3 Å². The minimum absolute atomic E-state index is 0.0294. The molecule has 3 aromatic carbocycles. The van der Waals surface area contributed by atoms with Crippen molar-refractivity contribution in [3.05, 3.63) is 95.4 Å². The van der Waals surface area contributed by atoms with Crippen molar-refractivity contribution in [3.8, 4) is 5.75 Å². The van der Waals surface area contributed by atoms with Crippen molar-refractivity contribution in [2.75, 3.05) is 17.3 Å². The molecule has 1 N–H and O–H groups in total. The van der Waals surface area contributed by atoms with Crippen LogP contribution in [0.15, 0.2) is 72.4 Å². The van der Waals surface area contributed by atoms with Crippen LogP contribution in [0, 0.1) is 17.5 Å². The quantitative estimate of drug-likeness (QED) is 0.613. The van der Waals surface area contributed by atoms with Gasteiger partial charge in [-0.2, -0.15) is 0 Å². The first-order valence-corrected chi connectivity index (χ1v) is 9.14. The zero-order chi connectivity index (χ0) is 22.1. The van der Waals surface area contributed by atoms with E-state index in [0.717, 1.165) is 29.2 Å². The Kier molecular flexibility index (Phi) is 5.21. The molecule has 1 aliphatic rings. The third-order valence-electron chi connectivity index (χ3n) is 4.74. The van der Waals surface area contributed by atoms with Crippen molar-refractivity contribution >= 4 is 28.8 Å². The van der Waals surface area contributed by atoms with E-state index in [1.165, 1.54) is 25.3 Å². The zero-order valence-electron chi connectivity index (χ0n) is 16.2. The van der Waals surface area contributed by atoms with Crippen LogP contribution in [0.3, 0.4) is 0 Å². The second kappa shape index (κ2) is 7.98. The van der Waals surface area contributed by atoms with E-state index in [2.05, 4.69) is 5.32 Å². The number of anilines is 2. The molecule has 0 radical (unpaired) electrons. The van der Waals surface area contributed by atoms with Crippen molar-refractivity contribution in [3.63, 3.8) is 0 Å². The summed E-state index contributed by atoms with van der Waals surface area (Å²) in [7, 11) is 1.49. The molecule has 5 nitrogen and oxygen atoms in total. The highest BCUT2D eigenvalue weighted by molar-refractivity contribution is 6.46. The third kappa shape index (κ3) is 3.75. The summed E-state index contributed by atoms with van der Waals surface area (Å²) in [5.74, 6) is -3.49. The number of amides is 2. The van der Waals surface area contributed by atoms with Gasteiger partial charge >= 0.3 is 0 Å². The van der Waals surface area contributed by atoms with Gasteiger partial charge in [0.1, 0.15) is 17.3 Å². The van der Waals surface area contributed by atoms with Gasteiger partial charge in [-0.05, 0) is 54.1 Å². The van der Waals surface area contributed by atoms with Gasteiger partial charge in [-0.1, -0.05) is 12.1 Å². The first-order valence-electron chi connectivity index (χ1n) is 9.14. The van der Waals surface area contributed by atoms with Crippen molar-refractivity contribution in [1.82, 2.24) is 0 Å². The minimum atomic E-state index is -1.11. The second-order valence-corrected chi connectivity index (χ2v) is 6.65. The number of nitrogens with zero attached hydrogens (tertiary/aromatic N) is 1. The number of halogens is 3. The van der Waals surface area contributed by atoms with Gasteiger partial charge in [-0.25, -0.2) is 18.1 Å². The van der Waals surface area contributed by atoms with E-state index in [0.29, 0.717) is 11.3 Å². The number of methoxy groups -OCH3 is 1. The smallest absolute Gasteiger partial charge is 0.282 e. The van der Waals surface area contributed by atoms with Gasteiger partial charge in [0.15, 0.2) is 11.6 Å². The molecule has 0 atom stereocenters. The molecule has 8 heteroatoms. The molecule has 0 bridgehead atoms. The summed E-state index contributed by atoms with van der Waals surface area (Å²) in [5, 5.41) is 2.73. The number of imide groups is 1. The van der Waals surface area contributed by atoms with Crippen LogP contribution in [0.2, 0.25) is 0 Å². The van der Waals surface area contributed by atoms with Crippen LogP contribution in [-0.4, -0.2) is 18.9 Å². The van der Waals surface area contributed by atoms with Gasteiger partial charge in [0.2, 0.25) is 0 Å². The Bertz CT molecular complexity index is 1210. The fraction of sp³-hybridized carbons (Fsp3) is 0.0435. The predicted octanol–water partition coefficient (Wildman–Crippen LogP) is 4.51. The molecule has 0 aliphatic carbocycles. The Morgan fingerprint density at radius 2 is 1.48 bits per heavy atom. The van der Waals surface area contributed by atoms with Crippen molar-refractivity contribution in [2.24, 2.45) is 0 Å². The molecule has 2 amide bonds. The Balaban J connectivity index is 1.81. The second-order valence-electron chi connectivity index (χ2n) is 6.65. The van der Waals surface area contributed by atoms with Crippen LogP contribution >= 0.6 is 0 Å². The van der Waals surface area contributed by atoms with Crippen molar-refractivity contribution < 1.29 is 27.5 Å². The Hall–Kier alpha value is -4.07. The van der Waals surface area contributed by atoms with E-state index in [1.807, 2.05) is 0 Å². The predicted molar refractivity (Wildman–Crippen MR) is 109 cm³/mol. The van der Waals surface area contributed by atoms with E-state index >= 15 is 0 Å². The Morgan fingerprint density at radius 3 is 2.10 bits per heavy atom. The highest BCUT2D eigenvalue weighted by Crippen LogP contribution is 2.34. The lowest BCUT2D eigenvalue weighted by Crippen LogP contribution is -2.32. The van der Waals surface area contributed by atoms with Gasteiger partial charge in [-0.15, -0.1) is 0 Å². The average molecular weight is 424 g/mol. The number of benzene rings is 3. The molecule has 0 spiro atoms. The highest BCUT2D eigenvalue weighted by atomic mass is 19.2. The summed E-state index contributed by atoms with van der Waals surface area (Å²) in [6, 6.07) is 14.3. The van der Waals surface area contributed by atoms with Gasteiger partial charge in [0.05, 0.1) is 18.4 Å². The number of carbonyl (C=O) groups excluding carboxylic acids is 2. The topological polar surface area (TPSA) is 58.6 Å². The first kappa shape index (κ1) is 20.2. The molecular formula is C23H15F3N2O3. The number of rotatable bonds is 5. The number of nitrogens with one attached hydrogen (secondary N) is 1. The summed E-state index contributed by atoms with van der Waals surface area (Å²) in [6.07, 6.45) is 0. The minimum Gasteiger partial charge on any atom is -0.497 e. The molecule has 1 heterocycles. The Labute approximate surface area is 175 Å². The summed E-state index contributed by atoms with van der Waals surface area (Å²) in [6.45, 7) is 0. The third-order valence-corrected chi connectivity index (χ3v) is 4.74. The van der Waals surface area contributed by atoms with Gasteiger partial charge in [0.25, 0.3) is 11.8 Å². The maximum atomic E-state index is 13.7. The van der Waals surface area contributed by atoms with E-state index < -0.39 is 29.3 Å². The SMILES string of the molecule is COc1ccc(C2=C(Nc3ccc(F)c(F)c3)C(=O)N(c3ccc(F)cc3)C2=O)cc1. The van der Waals surface area contributed by atoms with E-state index in [-0.39, 0.29) is 22.6 Å². The standard InChI is InChI=1S/C23H15F3N2O3/c1-31-17-9-2-13(3-10-17)20-21(27-15-6-11-18(25)19(26)12-15)23(30)28(22(20)29)16-7-4-14(24)5-8-16/h2-12,27H,1H3. The van der Waals surface area contributed by atoms with Gasteiger partial charge < -0.3 is 10.1 Å². The molecule has 0 saturated carbocycles. The normalized spacial score (nSPS) is 13.7. The average Bonchev–Trinajstić information content (AvgIpc) is 3.01. The van der Waals surface area contributed by atoms with Crippen LogP contribution in [0.25, 0.3) is 5.57 Å². The summed E-state index contributed by atoms with van der Waals surface area (Å²) in [4.78, 5) is 27.3. The molecular weight excluding hydrogens is 409 g/mol. The Morgan fingerprint density at radius 1 is 0.806 bits per heavy atom. The number of hydrogen-bond donors (Lipinski definition) is 1. The molecule has 0 aromatic heterocycles. The molecule has 31 heavy (non-hydrogen) atoms. The fourth-order valence-corrected chi connectivity index (χ4v) is 3.21. The molecule has 4 rings (SSSR count). The maximum absolute atomic E-state index is 13.7. The molecule has 0 fully saturated rings. The van der Waals surface area contributed by atoms with Crippen LogP contribution in [-0.2, 0) is 9.59 Å². The number of carbonyl (C=O) groups is 2. The lowest BCUT2D eigenvalue weighted by molar-refractivity contribution is -0.120. The molecule has 0 unspecified atom stereocenters. The monoisotopic (exact) mass is 424 g/mol. The maximum Gasteiger partial charge on any atom is 0.282 e. The van der Waals surface area contributed by atoms with Gasteiger partial charge in [0, 0.05) is 11.8 Å². The zero-order valence-corrected chi connectivity index (χ0v) is 16.2. The van der Waals surface area contributed by atoms with Crippen LogP contribution in [0.5, 0.6) is 5.75 Å². The highest BCUT2D eigenvalue weighted by Gasteiger charge is 2.40. The lowest BCUT2D eigenvalue weighted by atomic mass is 10.0. The van der Waals surface area contributed by atoms with E-state index in [9.17, 15) is 22.8 Å². The van der Waals surface area contributed by atoms with E-state index in [4.69, 9.17) is 4.74 Å². The van der Waals surface area contributed by atoms with Crippen molar-refractivity contribution in [1.29, 1.82) is 0 Å².